The van der Waals surface area contributed by atoms with Crippen molar-refractivity contribution in [1.82, 2.24) is 19.7 Å². The van der Waals surface area contributed by atoms with E-state index in [1.807, 2.05) is 32.4 Å². The third kappa shape index (κ3) is 5.33. The summed E-state index contributed by atoms with van der Waals surface area (Å²) in [4.78, 5) is 29.4. The minimum atomic E-state index is -0.113. The maximum absolute atomic E-state index is 13.0. The van der Waals surface area contributed by atoms with Crippen LogP contribution in [-0.2, 0) is 26.6 Å². The van der Waals surface area contributed by atoms with Crippen LogP contribution in [0, 0.1) is 0 Å². The Morgan fingerprint density at radius 2 is 1.82 bits per heavy atom. The molecule has 33 heavy (non-hydrogen) atoms. The van der Waals surface area contributed by atoms with Gasteiger partial charge in [0.2, 0.25) is 0 Å². The summed E-state index contributed by atoms with van der Waals surface area (Å²) in [6.45, 7) is 4.29. The molecule has 0 aliphatic carbocycles. The van der Waals surface area contributed by atoms with Gasteiger partial charge in [-0.2, -0.15) is 0 Å². The number of nitrogens with one attached hydrogen (secondary N) is 1. The molecule has 1 aliphatic heterocycles. The molecule has 8 nitrogen and oxygen atoms in total. The molecule has 0 bridgehead atoms. The zero-order chi connectivity index (χ0) is 24.1. The van der Waals surface area contributed by atoms with E-state index in [-0.39, 0.29) is 11.6 Å². The Morgan fingerprint density at radius 1 is 1.15 bits per heavy atom. The molecule has 1 aliphatic rings. The minimum absolute atomic E-state index is 0.0667. The fraction of sp³-hybridized carbons (Fsp3) is 0.520. The highest BCUT2D eigenvalue weighted by molar-refractivity contribution is 5.76. The van der Waals surface area contributed by atoms with Crippen LogP contribution in [0.15, 0.2) is 23.1 Å². The van der Waals surface area contributed by atoms with Gasteiger partial charge in [-0.3, -0.25) is 4.79 Å². The van der Waals surface area contributed by atoms with Crippen LogP contribution in [0.3, 0.4) is 0 Å². The summed E-state index contributed by atoms with van der Waals surface area (Å²) in [5.74, 6) is 1.49. The van der Waals surface area contributed by atoms with E-state index in [0.717, 1.165) is 46.6 Å². The number of carbonyl (C=O) groups excluding carboxylic acids is 1. The molecular weight excluding hydrogens is 420 g/mol. The average molecular weight is 457 g/mol. The van der Waals surface area contributed by atoms with Crippen LogP contribution >= 0.6 is 0 Å². The Bertz CT molecular complexity index is 1040. The fourth-order valence-corrected chi connectivity index (χ4v) is 4.32. The monoisotopic (exact) mass is 456 g/mol. The van der Waals surface area contributed by atoms with E-state index in [4.69, 9.17) is 9.47 Å². The number of aryl methyl sites for hydroxylation is 1. The van der Waals surface area contributed by atoms with Gasteiger partial charge in [-0.05, 0) is 50.2 Å². The van der Waals surface area contributed by atoms with Crippen LogP contribution < -0.4 is 20.3 Å². The maximum Gasteiger partial charge on any atom is 0.317 e. The number of hydrogen-bond acceptors (Lipinski definition) is 5. The lowest BCUT2D eigenvalue weighted by atomic mass is 9.91. The predicted octanol–water partition coefficient (Wildman–Crippen LogP) is 3.00. The number of benzene rings is 1. The summed E-state index contributed by atoms with van der Waals surface area (Å²) in [6.07, 6.45) is 4.45. The van der Waals surface area contributed by atoms with Crippen LogP contribution in [0.5, 0.6) is 11.5 Å². The minimum Gasteiger partial charge on any atom is -0.496 e. The molecule has 0 unspecified atom stereocenters. The molecule has 1 aromatic carbocycles. The van der Waals surface area contributed by atoms with Gasteiger partial charge in [0.15, 0.2) is 0 Å². The van der Waals surface area contributed by atoms with Gasteiger partial charge < -0.3 is 29.2 Å². The second-order valence-electron chi connectivity index (χ2n) is 8.77. The van der Waals surface area contributed by atoms with Gasteiger partial charge in [0.1, 0.15) is 11.5 Å². The van der Waals surface area contributed by atoms with Crippen LogP contribution in [-0.4, -0.2) is 61.8 Å². The summed E-state index contributed by atoms with van der Waals surface area (Å²) >= 11 is 0. The number of hydrogen-bond donors (Lipinski definition) is 1. The van der Waals surface area contributed by atoms with E-state index in [9.17, 15) is 9.59 Å². The van der Waals surface area contributed by atoms with E-state index in [2.05, 4.69) is 17.1 Å². The van der Waals surface area contributed by atoms with E-state index in [1.165, 1.54) is 0 Å². The molecule has 2 amide bonds. The third-order valence-electron chi connectivity index (χ3n) is 6.06. The Kier molecular flexibility index (Phi) is 8.02. The molecule has 0 saturated heterocycles. The summed E-state index contributed by atoms with van der Waals surface area (Å²) < 4.78 is 13.0. The zero-order valence-electron chi connectivity index (χ0n) is 20.7. The van der Waals surface area contributed by atoms with E-state index >= 15 is 0 Å². The first-order valence-electron chi connectivity index (χ1n) is 11.4. The van der Waals surface area contributed by atoms with Gasteiger partial charge >= 0.3 is 6.03 Å². The number of rotatable bonds is 8. The van der Waals surface area contributed by atoms with Crippen LogP contribution in [0.4, 0.5) is 4.79 Å². The van der Waals surface area contributed by atoms with E-state index in [0.29, 0.717) is 38.2 Å². The number of ether oxygens (including phenoxy) is 2. The summed E-state index contributed by atoms with van der Waals surface area (Å²) in [6, 6.07) is 3.90. The Morgan fingerprint density at radius 3 is 2.39 bits per heavy atom. The molecule has 0 atom stereocenters. The lowest BCUT2D eigenvalue weighted by Gasteiger charge is -2.30. The number of pyridine rings is 1. The molecule has 0 spiro atoms. The first-order valence-corrected chi connectivity index (χ1v) is 11.4. The molecule has 0 radical (unpaired) electrons. The van der Waals surface area contributed by atoms with Gasteiger partial charge in [-0.25, -0.2) is 4.79 Å². The number of methoxy groups -OCH3 is 2. The molecule has 1 N–H and O–H groups in total. The smallest absolute Gasteiger partial charge is 0.317 e. The van der Waals surface area contributed by atoms with Crippen molar-refractivity contribution >= 4 is 6.03 Å². The molecule has 2 aromatic rings. The number of unbranched alkanes of at least 4 members (excludes halogenated alkanes) is 1. The molecular formula is C25H36N4O4. The number of nitrogens with zero attached hydrogens (tertiary/aromatic N) is 3. The number of carbonyl (C=O) groups is 1. The highest BCUT2D eigenvalue weighted by atomic mass is 16.5. The summed E-state index contributed by atoms with van der Waals surface area (Å²) in [5.41, 5.74) is 4.46. The van der Waals surface area contributed by atoms with E-state index < -0.39 is 0 Å². The highest BCUT2D eigenvalue weighted by Gasteiger charge is 2.27. The fourth-order valence-electron chi connectivity index (χ4n) is 4.32. The number of amides is 2. The second kappa shape index (κ2) is 10.7. The number of urea groups is 1. The lowest BCUT2D eigenvalue weighted by molar-refractivity contribution is 0.192. The van der Waals surface area contributed by atoms with Crippen molar-refractivity contribution in [1.29, 1.82) is 0 Å². The van der Waals surface area contributed by atoms with Gasteiger partial charge in [-0.15, -0.1) is 0 Å². The zero-order valence-corrected chi connectivity index (χ0v) is 20.7. The SMILES string of the molecule is CCCCNC(=O)N1CCc2c(-c3cc(OC)c(CN(C)C)c(OC)c3)cn(C)c(=O)c2C1. The Hall–Kier alpha value is -3.00. The topological polar surface area (TPSA) is 76.0 Å². The Labute approximate surface area is 196 Å². The highest BCUT2D eigenvalue weighted by Crippen LogP contribution is 2.38. The first-order chi connectivity index (χ1) is 15.8. The number of aromatic nitrogens is 1. The van der Waals surface area contributed by atoms with Crippen molar-refractivity contribution in [3.05, 3.63) is 45.4 Å². The van der Waals surface area contributed by atoms with Gasteiger partial charge in [-0.1, -0.05) is 13.3 Å². The van der Waals surface area contributed by atoms with Gasteiger partial charge in [0, 0.05) is 44.0 Å². The third-order valence-corrected chi connectivity index (χ3v) is 6.06. The largest absolute Gasteiger partial charge is 0.496 e. The van der Waals surface area contributed by atoms with Crippen molar-refractivity contribution in [2.75, 3.05) is 41.4 Å². The van der Waals surface area contributed by atoms with Crippen LogP contribution in [0.1, 0.15) is 36.5 Å². The van der Waals surface area contributed by atoms with Crippen molar-refractivity contribution in [3.8, 4) is 22.6 Å². The Balaban J connectivity index is 2.03. The van der Waals surface area contributed by atoms with Gasteiger partial charge in [0.05, 0.1) is 26.3 Å². The maximum atomic E-state index is 13.0. The second-order valence-corrected chi connectivity index (χ2v) is 8.77. The predicted molar refractivity (Wildman–Crippen MR) is 130 cm³/mol. The molecule has 180 valence electrons. The van der Waals surface area contributed by atoms with Crippen molar-refractivity contribution in [2.24, 2.45) is 7.05 Å². The first kappa shape index (κ1) is 24.6. The van der Waals surface area contributed by atoms with Crippen LogP contribution in [0.25, 0.3) is 11.1 Å². The summed E-state index contributed by atoms with van der Waals surface area (Å²) in [7, 11) is 9.06. The molecule has 8 heteroatoms. The normalized spacial score (nSPS) is 13.1. The molecule has 0 fully saturated rings. The van der Waals surface area contributed by atoms with Crippen molar-refractivity contribution < 1.29 is 14.3 Å². The average Bonchev–Trinajstić information content (AvgIpc) is 2.81. The molecule has 2 heterocycles. The van der Waals surface area contributed by atoms with Crippen molar-refractivity contribution in [2.45, 2.75) is 39.3 Å². The molecule has 1 aromatic heterocycles. The number of fused-ring (bicyclic) bond motifs is 1. The quantitative estimate of drug-likeness (QED) is 0.618. The standard InChI is InChI=1S/C25H36N4O4/c1-7-8-10-26-25(31)29-11-9-18-19(15-28(4)24(30)20(18)16-29)17-12-22(32-5)21(14-27(2)3)23(13-17)33-6/h12-13,15H,7-11,14,16H2,1-6H3,(H,26,31). The van der Waals surface area contributed by atoms with Gasteiger partial charge in [0.25, 0.3) is 5.56 Å². The van der Waals surface area contributed by atoms with E-state index in [1.54, 1.807) is 30.7 Å². The lowest BCUT2D eigenvalue weighted by Crippen LogP contribution is -2.45. The molecule has 0 saturated carbocycles. The van der Waals surface area contributed by atoms with Crippen molar-refractivity contribution in [3.63, 3.8) is 0 Å². The van der Waals surface area contributed by atoms with Crippen LogP contribution in [0.2, 0.25) is 0 Å². The molecule has 3 rings (SSSR count). The summed E-state index contributed by atoms with van der Waals surface area (Å²) in [5, 5.41) is 2.96.